The first-order valence-electron chi connectivity index (χ1n) is 8.62. The molecule has 1 aliphatic heterocycles. The number of carbonyl (C=O) groups excluding carboxylic acids is 1. The standard InChI is InChI=1S/C18H21N5O2/c1-2-15-16-4-3-6-21(16)7-8-22(15)18(25)14-10-17-19-11-13(5-9-24)12-23(17)20-14/h3-4,6,10-12,15,24H,2,5,7-9H2,1H3/t15-/m1/s1. The van der Waals surface area contributed by atoms with Crippen LogP contribution in [0.3, 0.4) is 0 Å². The molecule has 0 saturated carbocycles. The Morgan fingerprint density at radius 2 is 2.28 bits per heavy atom. The largest absolute Gasteiger partial charge is 0.396 e. The van der Waals surface area contributed by atoms with Crippen LogP contribution in [0.25, 0.3) is 5.65 Å². The van der Waals surface area contributed by atoms with E-state index in [-0.39, 0.29) is 18.6 Å². The average molecular weight is 339 g/mol. The van der Waals surface area contributed by atoms with Gasteiger partial charge in [-0.15, -0.1) is 0 Å². The van der Waals surface area contributed by atoms with Crippen LogP contribution in [-0.4, -0.2) is 48.2 Å². The van der Waals surface area contributed by atoms with E-state index in [0.29, 0.717) is 24.3 Å². The van der Waals surface area contributed by atoms with Crippen LogP contribution < -0.4 is 0 Å². The molecule has 0 aromatic carbocycles. The molecule has 0 saturated heterocycles. The summed E-state index contributed by atoms with van der Waals surface area (Å²) in [6.45, 7) is 3.64. The number of aliphatic hydroxyl groups is 1. The van der Waals surface area contributed by atoms with E-state index in [0.717, 1.165) is 18.5 Å². The number of aromatic nitrogens is 4. The quantitative estimate of drug-likeness (QED) is 0.784. The summed E-state index contributed by atoms with van der Waals surface area (Å²) in [6.07, 6.45) is 6.98. The number of nitrogens with zero attached hydrogens (tertiary/aromatic N) is 5. The molecule has 7 heteroatoms. The maximum atomic E-state index is 13.1. The molecule has 130 valence electrons. The van der Waals surface area contributed by atoms with Crippen molar-refractivity contribution >= 4 is 11.6 Å². The second-order valence-electron chi connectivity index (χ2n) is 6.32. The summed E-state index contributed by atoms with van der Waals surface area (Å²) in [5, 5.41) is 13.5. The van der Waals surface area contributed by atoms with Crippen LogP contribution in [0.5, 0.6) is 0 Å². The van der Waals surface area contributed by atoms with Crippen LogP contribution in [0.4, 0.5) is 0 Å². The summed E-state index contributed by atoms with van der Waals surface area (Å²) >= 11 is 0. The Labute approximate surface area is 145 Å². The first-order valence-corrected chi connectivity index (χ1v) is 8.62. The first-order chi connectivity index (χ1) is 12.2. The lowest BCUT2D eigenvalue weighted by molar-refractivity contribution is 0.0611. The maximum Gasteiger partial charge on any atom is 0.275 e. The van der Waals surface area contributed by atoms with Gasteiger partial charge in [-0.2, -0.15) is 5.10 Å². The Kier molecular flexibility index (Phi) is 4.01. The molecule has 4 rings (SSSR count). The Bertz CT molecular complexity index is 913. The summed E-state index contributed by atoms with van der Waals surface area (Å²) < 4.78 is 3.83. The maximum absolute atomic E-state index is 13.1. The van der Waals surface area contributed by atoms with Gasteiger partial charge in [0.1, 0.15) is 0 Å². The van der Waals surface area contributed by atoms with E-state index in [1.54, 1.807) is 16.8 Å². The molecule has 25 heavy (non-hydrogen) atoms. The van der Waals surface area contributed by atoms with Gasteiger partial charge in [0.2, 0.25) is 0 Å². The zero-order chi connectivity index (χ0) is 17.4. The van der Waals surface area contributed by atoms with Gasteiger partial charge in [0, 0.05) is 50.0 Å². The third kappa shape index (κ3) is 2.70. The lowest BCUT2D eigenvalue weighted by Crippen LogP contribution is -2.41. The molecule has 0 unspecified atom stereocenters. The number of hydrogen-bond acceptors (Lipinski definition) is 4. The van der Waals surface area contributed by atoms with Crippen molar-refractivity contribution in [1.29, 1.82) is 0 Å². The molecule has 1 N–H and O–H groups in total. The van der Waals surface area contributed by atoms with Crippen molar-refractivity contribution in [3.63, 3.8) is 0 Å². The molecule has 0 aliphatic carbocycles. The van der Waals surface area contributed by atoms with Crippen LogP contribution in [0.15, 0.2) is 36.8 Å². The number of aliphatic hydroxyl groups excluding tert-OH is 1. The fourth-order valence-corrected chi connectivity index (χ4v) is 3.56. The number of rotatable bonds is 4. The van der Waals surface area contributed by atoms with Crippen LogP contribution in [0.2, 0.25) is 0 Å². The van der Waals surface area contributed by atoms with E-state index in [2.05, 4.69) is 33.8 Å². The zero-order valence-corrected chi connectivity index (χ0v) is 14.2. The molecule has 0 bridgehead atoms. The van der Waals surface area contributed by atoms with Gasteiger partial charge < -0.3 is 14.6 Å². The summed E-state index contributed by atoms with van der Waals surface area (Å²) in [5.41, 5.74) is 3.11. The van der Waals surface area contributed by atoms with E-state index >= 15 is 0 Å². The number of hydrogen-bond donors (Lipinski definition) is 1. The second-order valence-corrected chi connectivity index (χ2v) is 6.32. The summed E-state index contributed by atoms with van der Waals surface area (Å²) in [6, 6.07) is 5.91. The zero-order valence-electron chi connectivity index (χ0n) is 14.2. The molecule has 0 fully saturated rings. The van der Waals surface area contributed by atoms with Crippen LogP contribution in [0.1, 0.15) is 41.1 Å². The van der Waals surface area contributed by atoms with E-state index in [1.165, 1.54) is 5.69 Å². The number of amides is 1. The predicted molar refractivity (Wildman–Crippen MR) is 92.3 cm³/mol. The van der Waals surface area contributed by atoms with Gasteiger partial charge in [0.05, 0.1) is 6.04 Å². The molecule has 3 aromatic heterocycles. The van der Waals surface area contributed by atoms with Crippen molar-refractivity contribution in [2.75, 3.05) is 13.2 Å². The molecule has 3 aromatic rings. The molecule has 0 spiro atoms. The first kappa shape index (κ1) is 15.8. The van der Waals surface area contributed by atoms with Gasteiger partial charge in [-0.1, -0.05) is 6.92 Å². The average Bonchev–Trinajstić information content (AvgIpc) is 3.26. The SMILES string of the molecule is CC[C@@H]1c2cccn2CCN1C(=O)c1cc2ncc(CCO)cn2n1. The fraction of sp³-hybridized carbons (Fsp3) is 0.389. The normalized spacial score (nSPS) is 17.0. The van der Waals surface area contributed by atoms with E-state index in [4.69, 9.17) is 5.11 Å². The van der Waals surface area contributed by atoms with Gasteiger partial charge >= 0.3 is 0 Å². The number of carbonyl (C=O) groups is 1. The van der Waals surface area contributed by atoms with Gasteiger partial charge in [-0.05, 0) is 30.5 Å². The molecule has 1 amide bonds. The van der Waals surface area contributed by atoms with Crippen molar-refractivity contribution in [2.24, 2.45) is 0 Å². The van der Waals surface area contributed by atoms with E-state index in [1.807, 2.05) is 17.2 Å². The van der Waals surface area contributed by atoms with E-state index in [9.17, 15) is 4.79 Å². The highest BCUT2D eigenvalue weighted by molar-refractivity contribution is 5.93. The van der Waals surface area contributed by atoms with Crippen molar-refractivity contribution in [3.8, 4) is 0 Å². The number of fused-ring (bicyclic) bond motifs is 2. The van der Waals surface area contributed by atoms with Gasteiger partial charge in [0.25, 0.3) is 5.91 Å². The van der Waals surface area contributed by atoms with Gasteiger partial charge in [-0.25, -0.2) is 9.50 Å². The molecule has 4 heterocycles. The van der Waals surface area contributed by atoms with Crippen LogP contribution >= 0.6 is 0 Å². The van der Waals surface area contributed by atoms with Crippen molar-refractivity contribution < 1.29 is 9.90 Å². The molecule has 1 atom stereocenters. The molecule has 0 radical (unpaired) electrons. The monoisotopic (exact) mass is 339 g/mol. The second kappa shape index (κ2) is 6.33. The lowest BCUT2D eigenvalue weighted by Gasteiger charge is -2.36. The summed E-state index contributed by atoms with van der Waals surface area (Å²) in [4.78, 5) is 19.3. The highest BCUT2D eigenvalue weighted by atomic mass is 16.3. The minimum atomic E-state index is -0.0616. The Morgan fingerprint density at radius 3 is 3.08 bits per heavy atom. The smallest absolute Gasteiger partial charge is 0.275 e. The molecular formula is C18H21N5O2. The van der Waals surface area contributed by atoms with Gasteiger partial charge in [-0.3, -0.25) is 4.79 Å². The van der Waals surface area contributed by atoms with Crippen molar-refractivity contribution in [1.82, 2.24) is 24.1 Å². The van der Waals surface area contributed by atoms with Crippen molar-refractivity contribution in [3.05, 3.63) is 53.7 Å². The highest BCUT2D eigenvalue weighted by Crippen LogP contribution is 2.29. The summed E-state index contributed by atoms with van der Waals surface area (Å²) in [5.74, 6) is -0.0616. The topological polar surface area (TPSA) is 75.7 Å². The molecule has 1 aliphatic rings. The van der Waals surface area contributed by atoms with Gasteiger partial charge in [0.15, 0.2) is 11.3 Å². The van der Waals surface area contributed by atoms with Crippen LogP contribution in [0, 0.1) is 0 Å². The predicted octanol–water partition coefficient (Wildman–Crippen LogP) is 1.67. The third-order valence-corrected chi connectivity index (χ3v) is 4.80. The third-order valence-electron chi connectivity index (χ3n) is 4.80. The minimum Gasteiger partial charge on any atom is -0.396 e. The Balaban J connectivity index is 1.65. The lowest BCUT2D eigenvalue weighted by atomic mass is 10.1. The van der Waals surface area contributed by atoms with E-state index < -0.39 is 0 Å². The fourth-order valence-electron chi connectivity index (χ4n) is 3.56. The highest BCUT2D eigenvalue weighted by Gasteiger charge is 2.31. The molecule has 7 nitrogen and oxygen atoms in total. The Hall–Kier alpha value is -2.67. The van der Waals surface area contributed by atoms with Crippen LogP contribution in [-0.2, 0) is 13.0 Å². The minimum absolute atomic E-state index is 0.0614. The molecular weight excluding hydrogens is 318 g/mol. The van der Waals surface area contributed by atoms with Crippen molar-refractivity contribution in [2.45, 2.75) is 32.4 Å². The Morgan fingerprint density at radius 1 is 1.40 bits per heavy atom. The summed E-state index contributed by atoms with van der Waals surface area (Å²) in [7, 11) is 0.